The van der Waals surface area contributed by atoms with Crippen molar-refractivity contribution in [2.24, 2.45) is 5.92 Å². The van der Waals surface area contributed by atoms with Crippen molar-refractivity contribution in [1.82, 2.24) is 9.88 Å². The molecule has 1 aromatic heterocycles. The second kappa shape index (κ2) is 6.77. The van der Waals surface area contributed by atoms with E-state index >= 15 is 0 Å². The molecule has 1 N–H and O–H groups in total. The summed E-state index contributed by atoms with van der Waals surface area (Å²) in [7, 11) is 1.34. The number of aromatic amines is 1. The molecule has 2 aromatic rings. The van der Waals surface area contributed by atoms with Gasteiger partial charge in [-0.15, -0.1) is 0 Å². The van der Waals surface area contributed by atoms with Gasteiger partial charge in [0.1, 0.15) is 0 Å². The Morgan fingerprint density at radius 1 is 1.42 bits per heavy atom. The first kappa shape index (κ1) is 16.7. The van der Waals surface area contributed by atoms with Crippen molar-refractivity contribution in [3.05, 3.63) is 45.2 Å². The lowest BCUT2D eigenvalue weighted by molar-refractivity contribution is 0.0601. The van der Waals surface area contributed by atoms with Gasteiger partial charge in [-0.05, 0) is 50.4 Å². The number of pyridine rings is 1. The van der Waals surface area contributed by atoms with Gasteiger partial charge in [-0.25, -0.2) is 4.79 Å². The summed E-state index contributed by atoms with van der Waals surface area (Å²) in [6, 6.07) is 5.07. The van der Waals surface area contributed by atoms with E-state index in [4.69, 9.17) is 4.74 Å². The lowest BCUT2D eigenvalue weighted by Crippen LogP contribution is -2.35. The van der Waals surface area contributed by atoms with Crippen LogP contribution in [0.3, 0.4) is 0 Å². The second-order valence-corrected chi connectivity index (χ2v) is 6.79. The van der Waals surface area contributed by atoms with Gasteiger partial charge >= 0.3 is 5.97 Å². The van der Waals surface area contributed by atoms with Crippen molar-refractivity contribution >= 4 is 16.9 Å². The third-order valence-electron chi connectivity index (χ3n) is 4.86. The number of ether oxygens (including phenoxy) is 1. The smallest absolute Gasteiger partial charge is 0.337 e. The number of piperidine rings is 1. The molecular formula is C19H24N2O3. The van der Waals surface area contributed by atoms with Crippen molar-refractivity contribution in [1.29, 1.82) is 0 Å². The van der Waals surface area contributed by atoms with Crippen molar-refractivity contribution in [3.8, 4) is 0 Å². The van der Waals surface area contributed by atoms with Crippen molar-refractivity contribution in [2.45, 2.75) is 33.2 Å². The predicted molar refractivity (Wildman–Crippen MR) is 94.3 cm³/mol. The maximum atomic E-state index is 13.0. The summed E-state index contributed by atoms with van der Waals surface area (Å²) in [5, 5.41) is 0.545. The average Bonchev–Trinajstić information content (AvgIpc) is 2.58. The summed E-state index contributed by atoms with van der Waals surface area (Å²) in [5.41, 5.74) is 2.85. The molecule has 0 aliphatic carbocycles. The van der Waals surface area contributed by atoms with Crippen LogP contribution in [0.2, 0.25) is 0 Å². The topological polar surface area (TPSA) is 62.4 Å². The van der Waals surface area contributed by atoms with E-state index in [1.807, 2.05) is 6.92 Å². The summed E-state index contributed by atoms with van der Waals surface area (Å²) >= 11 is 0. The molecule has 2 heterocycles. The van der Waals surface area contributed by atoms with Crippen LogP contribution in [-0.2, 0) is 11.3 Å². The quantitative estimate of drug-likeness (QED) is 0.880. The second-order valence-electron chi connectivity index (χ2n) is 6.79. The Morgan fingerprint density at radius 3 is 2.92 bits per heavy atom. The number of aryl methyl sites for hydroxylation is 1. The molecule has 1 atom stereocenters. The molecule has 0 radical (unpaired) electrons. The molecule has 0 unspecified atom stereocenters. The minimum Gasteiger partial charge on any atom is -0.465 e. The summed E-state index contributed by atoms with van der Waals surface area (Å²) in [5.74, 6) is 0.243. The van der Waals surface area contributed by atoms with Gasteiger partial charge in [0, 0.05) is 35.2 Å². The Labute approximate surface area is 141 Å². The Kier molecular flexibility index (Phi) is 4.71. The monoisotopic (exact) mass is 328 g/mol. The Morgan fingerprint density at radius 2 is 2.21 bits per heavy atom. The van der Waals surface area contributed by atoms with Crippen LogP contribution in [0.25, 0.3) is 10.9 Å². The van der Waals surface area contributed by atoms with E-state index in [0.717, 1.165) is 29.9 Å². The van der Waals surface area contributed by atoms with E-state index in [1.165, 1.54) is 20.0 Å². The zero-order valence-corrected chi connectivity index (χ0v) is 14.5. The Hall–Kier alpha value is -2.14. The van der Waals surface area contributed by atoms with Crippen LogP contribution in [0.15, 0.2) is 23.0 Å². The first-order valence-electron chi connectivity index (χ1n) is 8.45. The largest absolute Gasteiger partial charge is 0.465 e. The Bertz CT molecular complexity index is 825. The van der Waals surface area contributed by atoms with Crippen LogP contribution in [0.5, 0.6) is 0 Å². The highest BCUT2D eigenvalue weighted by Crippen LogP contribution is 2.19. The number of fused-ring (bicyclic) bond motifs is 1. The number of methoxy groups -OCH3 is 1. The molecular weight excluding hydrogens is 304 g/mol. The molecule has 5 heteroatoms. The number of H-pyrrole nitrogens is 1. The normalized spacial score (nSPS) is 18.7. The number of likely N-dealkylation sites (tertiary alicyclic amines) is 1. The predicted octanol–water partition coefficient (Wildman–Crippen LogP) is 2.86. The van der Waals surface area contributed by atoms with Gasteiger partial charge in [-0.3, -0.25) is 9.69 Å². The van der Waals surface area contributed by atoms with E-state index in [2.05, 4.69) is 16.8 Å². The van der Waals surface area contributed by atoms with Crippen LogP contribution >= 0.6 is 0 Å². The third kappa shape index (κ3) is 3.22. The highest BCUT2D eigenvalue weighted by atomic mass is 16.5. The molecule has 1 aliphatic heterocycles. The van der Waals surface area contributed by atoms with Crippen LogP contribution in [-0.4, -0.2) is 36.1 Å². The molecule has 0 saturated carbocycles. The summed E-state index contributed by atoms with van der Waals surface area (Å²) in [6.07, 6.45) is 2.43. The van der Waals surface area contributed by atoms with E-state index in [1.54, 1.807) is 18.2 Å². The lowest BCUT2D eigenvalue weighted by atomic mass is 9.99. The number of nitrogens with zero attached hydrogens (tertiary/aromatic N) is 1. The van der Waals surface area contributed by atoms with Gasteiger partial charge < -0.3 is 9.72 Å². The zero-order chi connectivity index (χ0) is 17.3. The molecule has 24 heavy (non-hydrogen) atoms. The zero-order valence-electron chi connectivity index (χ0n) is 14.5. The van der Waals surface area contributed by atoms with Crippen LogP contribution < -0.4 is 5.43 Å². The molecule has 1 saturated heterocycles. The fraction of sp³-hybridized carbons (Fsp3) is 0.474. The molecule has 1 aliphatic rings. The number of carbonyl (C=O) groups excluding carboxylic acids is 1. The Balaban J connectivity index is 2.01. The molecule has 0 bridgehead atoms. The number of esters is 1. The van der Waals surface area contributed by atoms with Gasteiger partial charge in [0.05, 0.1) is 12.7 Å². The summed E-state index contributed by atoms with van der Waals surface area (Å²) < 4.78 is 4.75. The first-order chi connectivity index (χ1) is 11.5. The minimum atomic E-state index is -0.428. The lowest BCUT2D eigenvalue weighted by Gasteiger charge is -2.31. The molecule has 5 nitrogen and oxygen atoms in total. The standard InChI is InChI=1S/C19H24N2O3/c1-12-5-4-8-21(10-12)11-16-13(2)20-17-7-6-14(19(23)24-3)9-15(17)18(16)22/h6-7,9,12H,4-5,8,10-11H2,1-3H3,(H,20,22)/t12-/m0/s1. The number of aromatic nitrogens is 1. The average molecular weight is 328 g/mol. The van der Waals surface area contributed by atoms with E-state index < -0.39 is 5.97 Å². The van der Waals surface area contributed by atoms with Gasteiger partial charge in [-0.1, -0.05) is 6.92 Å². The molecule has 0 spiro atoms. The van der Waals surface area contributed by atoms with Crippen molar-refractivity contribution < 1.29 is 9.53 Å². The van der Waals surface area contributed by atoms with E-state index in [-0.39, 0.29) is 5.43 Å². The minimum absolute atomic E-state index is 0.00484. The fourth-order valence-corrected chi connectivity index (χ4v) is 3.54. The summed E-state index contributed by atoms with van der Waals surface area (Å²) in [4.78, 5) is 30.4. The van der Waals surface area contributed by atoms with Crippen LogP contribution in [0.1, 0.15) is 41.4 Å². The van der Waals surface area contributed by atoms with Gasteiger partial charge in [0.15, 0.2) is 5.43 Å². The van der Waals surface area contributed by atoms with Crippen LogP contribution in [0, 0.1) is 12.8 Å². The maximum Gasteiger partial charge on any atom is 0.337 e. The molecule has 0 amide bonds. The van der Waals surface area contributed by atoms with Gasteiger partial charge in [0.25, 0.3) is 0 Å². The van der Waals surface area contributed by atoms with Crippen LogP contribution in [0.4, 0.5) is 0 Å². The van der Waals surface area contributed by atoms with Crippen molar-refractivity contribution in [3.63, 3.8) is 0 Å². The number of hydrogen-bond acceptors (Lipinski definition) is 4. The molecule has 3 rings (SSSR count). The highest BCUT2D eigenvalue weighted by molar-refractivity contribution is 5.94. The van der Waals surface area contributed by atoms with Gasteiger partial charge in [0.2, 0.25) is 0 Å². The molecule has 1 fully saturated rings. The third-order valence-corrected chi connectivity index (χ3v) is 4.86. The van der Waals surface area contributed by atoms with E-state index in [0.29, 0.717) is 23.4 Å². The number of rotatable bonds is 3. The first-order valence-corrected chi connectivity index (χ1v) is 8.45. The number of benzene rings is 1. The fourth-order valence-electron chi connectivity index (χ4n) is 3.54. The van der Waals surface area contributed by atoms with E-state index in [9.17, 15) is 9.59 Å². The molecule has 128 valence electrons. The highest BCUT2D eigenvalue weighted by Gasteiger charge is 2.19. The SMILES string of the molecule is COC(=O)c1ccc2[nH]c(C)c(CN3CCC[C@H](C)C3)c(=O)c2c1. The summed E-state index contributed by atoms with van der Waals surface area (Å²) in [6.45, 7) is 6.91. The number of carbonyl (C=O) groups is 1. The van der Waals surface area contributed by atoms with Gasteiger partial charge in [-0.2, -0.15) is 0 Å². The maximum absolute atomic E-state index is 13.0. The number of hydrogen-bond donors (Lipinski definition) is 1. The molecule has 1 aromatic carbocycles. The number of nitrogens with one attached hydrogen (secondary N) is 1. The van der Waals surface area contributed by atoms with Crippen molar-refractivity contribution in [2.75, 3.05) is 20.2 Å².